The number of carbonyl (C=O) groups excluding carboxylic acids is 2. The fraction of sp³-hybridized carbons (Fsp3) is 0.267. The molecule has 8 heteroatoms. The van der Waals surface area contributed by atoms with Gasteiger partial charge in [-0.15, -0.1) is 0 Å². The van der Waals surface area contributed by atoms with Crippen LogP contribution < -0.4 is 20.1 Å². The number of methoxy groups -OCH3 is 2. The summed E-state index contributed by atoms with van der Waals surface area (Å²) < 4.78 is 11.9. The molecule has 0 spiro atoms. The lowest BCUT2D eigenvalue weighted by Gasteiger charge is -2.12. The van der Waals surface area contributed by atoms with Crippen LogP contribution in [0, 0.1) is 0 Å². The molecule has 2 aromatic rings. The number of hydrogen-bond acceptors (Lipinski definition) is 5. The third-order valence-electron chi connectivity index (χ3n) is 3.17. The van der Waals surface area contributed by atoms with Crippen LogP contribution in [0.25, 0.3) is 0 Å². The molecule has 0 atom stereocenters. The van der Waals surface area contributed by atoms with Crippen molar-refractivity contribution in [1.29, 1.82) is 0 Å². The topological polar surface area (TPSA) is 94.5 Å². The van der Waals surface area contributed by atoms with Crippen LogP contribution in [-0.2, 0) is 7.05 Å². The smallest absolute Gasteiger partial charge is 0.273 e. The normalized spacial score (nSPS) is 10.1. The van der Waals surface area contributed by atoms with E-state index >= 15 is 0 Å². The number of benzene rings is 1. The van der Waals surface area contributed by atoms with Crippen LogP contribution in [0.3, 0.4) is 0 Å². The Bertz CT molecular complexity index is 717. The third kappa shape index (κ3) is 3.25. The molecular weight excluding hydrogens is 300 g/mol. The van der Waals surface area contributed by atoms with E-state index in [1.54, 1.807) is 31.4 Å². The fourth-order valence-electron chi connectivity index (χ4n) is 2.13. The molecule has 0 unspecified atom stereocenters. The molecule has 23 heavy (non-hydrogen) atoms. The predicted octanol–water partition coefficient (Wildman–Crippen LogP) is 1.05. The first-order valence-electron chi connectivity index (χ1n) is 6.79. The standard InChI is InChI=1S/C15H18N4O4/c1-16-15(21)13-9(8-19(2)18-13)17-14(20)12-10(22-3)6-5-7-11(12)23-4/h5-8H,1-4H3,(H,16,21)(H,17,20). The summed E-state index contributed by atoms with van der Waals surface area (Å²) in [5.74, 6) is -0.121. The van der Waals surface area contributed by atoms with Gasteiger partial charge in [0.15, 0.2) is 5.69 Å². The van der Waals surface area contributed by atoms with E-state index in [2.05, 4.69) is 15.7 Å². The SMILES string of the molecule is CNC(=O)c1nn(C)cc1NC(=O)c1c(OC)cccc1OC. The molecule has 0 aliphatic heterocycles. The quantitative estimate of drug-likeness (QED) is 0.859. The maximum absolute atomic E-state index is 12.6. The van der Waals surface area contributed by atoms with E-state index in [9.17, 15) is 9.59 Å². The van der Waals surface area contributed by atoms with Crippen molar-refractivity contribution in [3.63, 3.8) is 0 Å². The zero-order chi connectivity index (χ0) is 17.0. The van der Waals surface area contributed by atoms with E-state index < -0.39 is 11.8 Å². The van der Waals surface area contributed by atoms with E-state index in [1.165, 1.54) is 25.9 Å². The van der Waals surface area contributed by atoms with Crippen molar-refractivity contribution in [2.75, 3.05) is 26.6 Å². The number of aromatic nitrogens is 2. The summed E-state index contributed by atoms with van der Waals surface area (Å²) >= 11 is 0. The van der Waals surface area contributed by atoms with Crippen LogP contribution in [0.1, 0.15) is 20.8 Å². The van der Waals surface area contributed by atoms with Crippen molar-refractivity contribution in [3.8, 4) is 11.5 Å². The molecule has 122 valence electrons. The average molecular weight is 318 g/mol. The monoisotopic (exact) mass is 318 g/mol. The number of anilines is 1. The molecule has 0 aliphatic rings. The summed E-state index contributed by atoms with van der Waals surface area (Å²) in [7, 11) is 6.08. The van der Waals surface area contributed by atoms with Gasteiger partial charge in [-0.25, -0.2) is 0 Å². The summed E-state index contributed by atoms with van der Waals surface area (Å²) in [6.45, 7) is 0. The second-order valence-electron chi connectivity index (χ2n) is 4.64. The van der Waals surface area contributed by atoms with Crippen molar-refractivity contribution in [2.45, 2.75) is 0 Å². The number of hydrogen-bond donors (Lipinski definition) is 2. The first kappa shape index (κ1) is 16.3. The second kappa shape index (κ2) is 6.82. The summed E-state index contributed by atoms with van der Waals surface area (Å²) in [6, 6.07) is 5.02. The van der Waals surface area contributed by atoms with Crippen LogP contribution in [0.15, 0.2) is 24.4 Å². The van der Waals surface area contributed by atoms with E-state index in [4.69, 9.17) is 9.47 Å². The van der Waals surface area contributed by atoms with Gasteiger partial charge >= 0.3 is 0 Å². The Morgan fingerprint density at radius 3 is 2.26 bits per heavy atom. The van der Waals surface area contributed by atoms with Crippen LogP contribution >= 0.6 is 0 Å². The van der Waals surface area contributed by atoms with E-state index in [-0.39, 0.29) is 11.3 Å². The van der Waals surface area contributed by atoms with Crippen molar-refractivity contribution >= 4 is 17.5 Å². The van der Waals surface area contributed by atoms with Gasteiger partial charge in [-0.3, -0.25) is 14.3 Å². The number of nitrogens with one attached hydrogen (secondary N) is 2. The molecule has 2 N–H and O–H groups in total. The molecule has 0 radical (unpaired) electrons. The van der Waals surface area contributed by atoms with E-state index in [0.717, 1.165) is 0 Å². The fourth-order valence-corrected chi connectivity index (χ4v) is 2.13. The highest BCUT2D eigenvalue weighted by molar-refractivity contribution is 6.10. The lowest BCUT2D eigenvalue weighted by molar-refractivity contribution is 0.0958. The summed E-state index contributed by atoms with van der Waals surface area (Å²) in [4.78, 5) is 24.4. The van der Waals surface area contributed by atoms with Gasteiger partial charge in [0.2, 0.25) is 0 Å². The average Bonchev–Trinajstić information content (AvgIpc) is 2.93. The molecule has 8 nitrogen and oxygen atoms in total. The molecule has 2 rings (SSSR count). The highest BCUT2D eigenvalue weighted by atomic mass is 16.5. The van der Waals surface area contributed by atoms with Gasteiger partial charge in [0.05, 0.1) is 19.9 Å². The predicted molar refractivity (Wildman–Crippen MR) is 84.1 cm³/mol. The van der Waals surface area contributed by atoms with E-state index in [0.29, 0.717) is 17.2 Å². The molecule has 0 saturated carbocycles. The minimum absolute atomic E-state index is 0.122. The summed E-state index contributed by atoms with van der Waals surface area (Å²) in [5, 5.41) is 9.19. The summed E-state index contributed by atoms with van der Waals surface area (Å²) in [5.41, 5.74) is 0.659. The number of nitrogens with zero attached hydrogens (tertiary/aromatic N) is 2. The maximum atomic E-state index is 12.6. The lowest BCUT2D eigenvalue weighted by atomic mass is 10.1. The van der Waals surface area contributed by atoms with Gasteiger partial charge < -0.3 is 20.1 Å². The van der Waals surface area contributed by atoms with Gasteiger partial charge in [-0.2, -0.15) is 5.10 Å². The van der Waals surface area contributed by atoms with Crippen molar-refractivity contribution in [2.24, 2.45) is 7.05 Å². The van der Waals surface area contributed by atoms with Crippen molar-refractivity contribution in [1.82, 2.24) is 15.1 Å². The Kier molecular flexibility index (Phi) is 4.85. The molecular formula is C15H18N4O4. The molecule has 1 aromatic heterocycles. The van der Waals surface area contributed by atoms with Gasteiger partial charge in [0.25, 0.3) is 11.8 Å². The molecule has 1 aromatic carbocycles. The Hall–Kier alpha value is -3.03. The van der Waals surface area contributed by atoms with Crippen LogP contribution in [0.2, 0.25) is 0 Å². The number of ether oxygens (including phenoxy) is 2. The number of aryl methyl sites for hydroxylation is 1. The molecule has 0 bridgehead atoms. The number of amides is 2. The Balaban J connectivity index is 2.39. The Morgan fingerprint density at radius 2 is 1.74 bits per heavy atom. The van der Waals surface area contributed by atoms with E-state index in [1.807, 2.05) is 0 Å². The zero-order valence-electron chi connectivity index (χ0n) is 13.3. The minimum Gasteiger partial charge on any atom is -0.496 e. The first-order valence-corrected chi connectivity index (χ1v) is 6.79. The molecule has 2 amide bonds. The highest BCUT2D eigenvalue weighted by Crippen LogP contribution is 2.29. The Morgan fingerprint density at radius 1 is 1.13 bits per heavy atom. The molecule has 1 heterocycles. The maximum Gasteiger partial charge on any atom is 0.273 e. The molecule has 0 fully saturated rings. The number of carbonyl (C=O) groups is 2. The minimum atomic E-state index is -0.461. The van der Waals surface area contributed by atoms with Gasteiger partial charge in [0.1, 0.15) is 17.1 Å². The van der Waals surface area contributed by atoms with Crippen molar-refractivity contribution in [3.05, 3.63) is 35.7 Å². The highest BCUT2D eigenvalue weighted by Gasteiger charge is 2.22. The zero-order valence-corrected chi connectivity index (χ0v) is 13.3. The molecule has 0 aliphatic carbocycles. The van der Waals surface area contributed by atoms with Crippen molar-refractivity contribution < 1.29 is 19.1 Å². The van der Waals surface area contributed by atoms with Crippen LogP contribution in [0.5, 0.6) is 11.5 Å². The lowest BCUT2D eigenvalue weighted by Crippen LogP contribution is -2.22. The van der Waals surface area contributed by atoms with Gasteiger partial charge in [-0.1, -0.05) is 6.07 Å². The van der Waals surface area contributed by atoms with Gasteiger partial charge in [0, 0.05) is 20.3 Å². The van der Waals surface area contributed by atoms with Gasteiger partial charge in [-0.05, 0) is 12.1 Å². The van der Waals surface area contributed by atoms with Crippen LogP contribution in [0.4, 0.5) is 5.69 Å². The number of rotatable bonds is 5. The van der Waals surface area contributed by atoms with Crippen LogP contribution in [-0.4, -0.2) is 42.9 Å². The summed E-state index contributed by atoms with van der Waals surface area (Å²) in [6.07, 6.45) is 1.55. The first-order chi connectivity index (χ1) is 11.0. The third-order valence-corrected chi connectivity index (χ3v) is 3.17. The Labute approximate surface area is 133 Å². The molecule has 0 saturated heterocycles. The second-order valence-corrected chi connectivity index (χ2v) is 4.64. The largest absolute Gasteiger partial charge is 0.496 e.